The molecule has 3 saturated heterocycles. The van der Waals surface area contributed by atoms with Gasteiger partial charge in [-0.05, 0) is 12.8 Å². The van der Waals surface area contributed by atoms with E-state index in [1.165, 1.54) is 19.3 Å². The van der Waals surface area contributed by atoms with Gasteiger partial charge >= 0.3 is 0 Å². The molecule has 6 nitrogen and oxygen atoms in total. The lowest BCUT2D eigenvalue weighted by molar-refractivity contribution is 0.225. The van der Waals surface area contributed by atoms with Crippen LogP contribution in [-0.4, -0.2) is 58.0 Å². The molecule has 3 atom stereocenters. The molecule has 0 aliphatic carbocycles. The minimum absolute atomic E-state index is 0.170. The van der Waals surface area contributed by atoms with Gasteiger partial charge in [0.15, 0.2) is 11.5 Å². The van der Waals surface area contributed by atoms with E-state index < -0.39 is 0 Å². The molecule has 168 valence electrons. The van der Waals surface area contributed by atoms with Gasteiger partial charge in [0.1, 0.15) is 43.9 Å². The summed E-state index contributed by atoms with van der Waals surface area (Å²) in [5.41, 5.74) is 1.10. The van der Waals surface area contributed by atoms with Crippen LogP contribution in [0.2, 0.25) is 0 Å². The molecule has 3 fully saturated rings. The molecule has 3 aliphatic heterocycles. The molecule has 0 radical (unpaired) electrons. The number of epoxide rings is 3. The van der Waals surface area contributed by atoms with E-state index in [0.717, 1.165) is 66.2 Å². The molecule has 2 aromatic rings. The van der Waals surface area contributed by atoms with Crippen LogP contribution in [0.15, 0.2) is 24.3 Å². The maximum Gasteiger partial charge on any atom is 0.169 e. The third-order valence-electron chi connectivity index (χ3n) is 5.90. The summed E-state index contributed by atoms with van der Waals surface area (Å²) in [4.78, 5) is 0. The van der Waals surface area contributed by atoms with Crippen LogP contribution in [0.25, 0.3) is 10.8 Å². The Morgan fingerprint density at radius 3 is 1.77 bits per heavy atom. The van der Waals surface area contributed by atoms with E-state index in [9.17, 15) is 0 Å². The summed E-state index contributed by atoms with van der Waals surface area (Å²) in [6.07, 6.45) is 6.14. The second-order valence-electron chi connectivity index (χ2n) is 8.62. The summed E-state index contributed by atoms with van der Waals surface area (Å²) >= 11 is 0. The molecule has 3 unspecified atom stereocenters. The number of fused-ring (bicyclic) bond motifs is 1. The Morgan fingerprint density at radius 2 is 1.23 bits per heavy atom. The van der Waals surface area contributed by atoms with Gasteiger partial charge in [-0.15, -0.1) is 0 Å². The standard InChI is InChI=1S/C25H32O6/c1-2-3-4-5-10-22-23(29-14-17-11-26-17)20-8-6-7-9-21(20)24(30-15-18-12-27-18)25(22)31-16-19-13-28-19/h6-9,17-19H,2-5,10-16H2,1H3. The number of hydrogen-bond acceptors (Lipinski definition) is 6. The van der Waals surface area contributed by atoms with Crippen LogP contribution in [-0.2, 0) is 20.6 Å². The average Bonchev–Trinajstić information content (AvgIpc) is 3.62. The van der Waals surface area contributed by atoms with Crippen molar-refractivity contribution in [2.24, 2.45) is 0 Å². The summed E-state index contributed by atoms with van der Waals surface area (Å²) in [6, 6.07) is 8.28. The van der Waals surface area contributed by atoms with Gasteiger partial charge in [-0.1, -0.05) is 50.5 Å². The van der Waals surface area contributed by atoms with Crippen LogP contribution in [0, 0.1) is 0 Å². The van der Waals surface area contributed by atoms with E-state index in [-0.39, 0.29) is 18.3 Å². The number of hydrogen-bond donors (Lipinski definition) is 0. The third-order valence-corrected chi connectivity index (χ3v) is 5.90. The molecule has 3 aliphatic rings. The molecular weight excluding hydrogens is 396 g/mol. The molecule has 0 N–H and O–H groups in total. The predicted molar refractivity (Wildman–Crippen MR) is 117 cm³/mol. The Labute approximate surface area is 183 Å². The Bertz CT molecular complexity index is 885. The molecule has 2 aromatic carbocycles. The summed E-state index contributed by atoms with van der Waals surface area (Å²) in [6.45, 7) is 6.15. The molecule has 31 heavy (non-hydrogen) atoms. The molecule has 0 amide bonds. The van der Waals surface area contributed by atoms with Crippen molar-refractivity contribution in [3.05, 3.63) is 29.8 Å². The van der Waals surface area contributed by atoms with Crippen LogP contribution >= 0.6 is 0 Å². The van der Waals surface area contributed by atoms with Crippen LogP contribution in [0.5, 0.6) is 17.2 Å². The second-order valence-corrected chi connectivity index (χ2v) is 8.62. The lowest BCUT2D eigenvalue weighted by Crippen LogP contribution is -2.13. The van der Waals surface area contributed by atoms with Crippen molar-refractivity contribution < 1.29 is 28.4 Å². The van der Waals surface area contributed by atoms with Crippen molar-refractivity contribution in [2.75, 3.05) is 39.6 Å². The number of rotatable bonds is 14. The van der Waals surface area contributed by atoms with E-state index in [2.05, 4.69) is 25.1 Å². The first-order chi connectivity index (χ1) is 15.3. The zero-order valence-corrected chi connectivity index (χ0v) is 18.3. The third kappa shape index (κ3) is 5.43. The maximum absolute atomic E-state index is 6.37. The summed E-state index contributed by atoms with van der Waals surface area (Å²) < 4.78 is 35.2. The molecule has 0 aromatic heterocycles. The van der Waals surface area contributed by atoms with Crippen molar-refractivity contribution in [3.63, 3.8) is 0 Å². The fraction of sp³-hybridized carbons (Fsp3) is 0.600. The van der Waals surface area contributed by atoms with Crippen LogP contribution < -0.4 is 14.2 Å². The van der Waals surface area contributed by atoms with E-state index in [4.69, 9.17) is 28.4 Å². The van der Waals surface area contributed by atoms with Crippen LogP contribution in [0.1, 0.15) is 38.2 Å². The van der Waals surface area contributed by atoms with E-state index in [1.807, 2.05) is 6.07 Å². The van der Waals surface area contributed by atoms with Gasteiger partial charge in [0.25, 0.3) is 0 Å². The maximum atomic E-state index is 6.37. The van der Waals surface area contributed by atoms with Crippen molar-refractivity contribution in [1.82, 2.24) is 0 Å². The number of unbranched alkanes of at least 4 members (excludes halogenated alkanes) is 3. The van der Waals surface area contributed by atoms with Crippen molar-refractivity contribution in [1.29, 1.82) is 0 Å². The minimum atomic E-state index is 0.170. The summed E-state index contributed by atoms with van der Waals surface area (Å²) in [5.74, 6) is 2.51. The van der Waals surface area contributed by atoms with E-state index >= 15 is 0 Å². The second kappa shape index (κ2) is 9.63. The van der Waals surface area contributed by atoms with E-state index in [1.54, 1.807) is 0 Å². The van der Waals surface area contributed by atoms with Crippen LogP contribution in [0.4, 0.5) is 0 Å². The smallest absolute Gasteiger partial charge is 0.169 e. The highest BCUT2D eigenvalue weighted by atomic mass is 16.6. The highest BCUT2D eigenvalue weighted by Crippen LogP contribution is 2.47. The number of ether oxygens (including phenoxy) is 6. The zero-order chi connectivity index (χ0) is 21.0. The highest BCUT2D eigenvalue weighted by Gasteiger charge is 2.30. The Morgan fingerprint density at radius 1 is 0.710 bits per heavy atom. The van der Waals surface area contributed by atoms with Crippen molar-refractivity contribution in [3.8, 4) is 17.2 Å². The highest BCUT2D eigenvalue weighted by molar-refractivity contribution is 5.97. The van der Waals surface area contributed by atoms with Gasteiger partial charge < -0.3 is 28.4 Å². The Hall–Kier alpha value is -2.02. The summed E-state index contributed by atoms with van der Waals surface area (Å²) in [5, 5.41) is 2.08. The molecule has 3 heterocycles. The fourth-order valence-electron chi connectivity index (χ4n) is 3.84. The molecule has 0 spiro atoms. The topological polar surface area (TPSA) is 65.3 Å². The first-order valence-corrected chi connectivity index (χ1v) is 11.6. The first kappa shape index (κ1) is 20.9. The first-order valence-electron chi connectivity index (χ1n) is 11.6. The lowest BCUT2D eigenvalue weighted by atomic mass is 9.98. The fourth-order valence-corrected chi connectivity index (χ4v) is 3.84. The number of benzene rings is 2. The van der Waals surface area contributed by atoms with Gasteiger partial charge in [-0.3, -0.25) is 0 Å². The zero-order valence-electron chi connectivity index (χ0n) is 18.3. The Kier molecular flexibility index (Phi) is 6.48. The van der Waals surface area contributed by atoms with Gasteiger partial charge in [0, 0.05) is 16.3 Å². The minimum Gasteiger partial charge on any atom is -0.490 e. The lowest BCUT2D eigenvalue weighted by Gasteiger charge is -2.22. The summed E-state index contributed by atoms with van der Waals surface area (Å²) in [7, 11) is 0. The molecule has 0 bridgehead atoms. The van der Waals surface area contributed by atoms with E-state index in [0.29, 0.717) is 19.8 Å². The van der Waals surface area contributed by atoms with Gasteiger partial charge in [0.2, 0.25) is 0 Å². The SMILES string of the molecule is CCCCCCc1c(OCC2CO2)c(OCC2CO2)c2ccccc2c1OCC1CO1. The monoisotopic (exact) mass is 428 g/mol. The average molecular weight is 429 g/mol. The van der Waals surface area contributed by atoms with Crippen molar-refractivity contribution in [2.45, 2.75) is 57.3 Å². The predicted octanol–water partition coefficient (Wildman–Crippen LogP) is 4.30. The molecule has 6 heteroatoms. The van der Waals surface area contributed by atoms with Crippen molar-refractivity contribution >= 4 is 10.8 Å². The van der Waals surface area contributed by atoms with Gasteiger partial charge in [0.05, 0.1) is 19.8 Å². The Balaban J connectivity index is 1.54. The quantitative estimate of drug-likeness (QED) is 0.330. The van der Waals surface area contributed by atoms with Crippen LogP contribution in [0.3, 0.4) is 0 Å². The van der Waals surface area contributed by atoms with Gasteiger partial charge in [-0.25, -0.2) is 0 Å². The van der Waals surface area contributed by atoms with Gasteiger partial charge in [-0.2, -0.15) is 0 Å². The largest absolute Gasteiger partial charge is 0.490 e. The normalized spacial score (nSPS) is 23.6. The molecule has 0 saturated carbocycles. The molecular formula is C25H32O6. The molecule has 5 rings (SSSR count).